The number of rotatable bonds is 4. The molecular formula is C17H25FIN3O. The minimum absolute atomic E-state index is 0. The molecule has 1 N–H and O–H groups in total. The Balaban J connectivity index is 0.00000192. The van der Waals surface area contributed by atoms with Crippen LogP contribution >= 0.6 is 24.0 Å². The summed E-state index contributed by atoms with van der Waals surface area (Å²) in [5, 5.41) is 3.34. The largest absolute Gasteiger partial charge is 0.492 e. The highest BCUT2D eigenvalue weighted by atomic mass is 127. The number of nitrogens with zero attached hydrogens (tertiary/aromatic N) is 2. The zero-order valence-corrected chi connectivity index (χ0v) is 15.9. The van der Waals surface area contributed by atoms with Gasteiger partial charge in [0.2, 0.25) is 0 Å². The van der Waals surface area contributed by atoms with E-state index in [0.717, 1.165) is 19.0 Å². The van der Waals surface area contributed by atoms with Crippen LogP contribution < -0.4 is 10.1 Å². The molecule has 1 aromatic rings. The van der Waals surface area contributed by atoms with Crippen LogP contribution in [0.15, 0.2) is 29.3 Å². The first-order chi connectivity index (χ1) is 10.7. The minimum Gasteiger partial charge on any atom is -0.492 e. The van der Waals surface area contributed by atoms with Gasteiger partial charge < -0.3 is 15.0 Å². The van der Waals surface area contributed by atoms with Crippen molar-refractivity contribution < 1.29 is 9.13 Å². The number of benzene rings is 1. The molecule has 1 spiro atoms. The molecule has 1 saturated carbocycles. The Kier molecular flexibility index (Phi) is 6.50. The predicted molar refractivity (Wildman–Crippen MR) is 101 cm³/mol. The lowest BCUT2D eigenvalue weighted by atomic mass is 9.68. The van der Waals surface area contributed by atoms with Crippen molar-refractivity contribution in [2.45, 2.75) is 25.7 Å². The van der Waals surface area contributed by atoms with Gasteiger partial charge in [-0.05, 0) is 36.8 Å². The molecule has 1 aromatic carbocycles. The molecule has 6 heteroatoms. The van der Waals surface area contributed by atoms with Gasteiger partial charge in [0.15, 0.2) is 5.96 Å². The maximum Gasteiger partial charge on any atom is 0.193 e. The van der Waals surface area contributed by atoms with Gasteiger partial charge >= 0.3 is 0 Å². The molecule has 1 aliphatic carbocycles. The topological polar surface area (TPSA) is 36.9 Å². The third kappa shape index (κ3) is 4.49. The summed E-state index contributed by atoms with van der Waals surface area (Å²) in [6.07, 6.45) is 5.39. The van der Waals surface area contributed by atoms with E-state index in [1.807, 2.05) is 7.05 Å². The molecule has 128 valence electrons. The number of guanidine groups is 1. The van der Waals surface area contributed by atoms with Crippen LogP contribution in [0.5, 0.6) is 5.75 Å². The average molecular weight is 433 g/mol. The van der Waals surface area contributed by atoms with E-state index >= 15 is 0 Å². The van der Waals surface area contributed by atoms with Crippen LogP contribution in [0.1, 0.15) is 25.7 Å². The maximum atomic E-state index is 13.1. The van der Waals surface area contributed by atoms with Crippen molar-refractivity contribution in [2.24, 2.45) is 10.4 Å². The van der Waals surface area contributed by atoms with Gasteiger partial charge in [0.1, 0.15) is 18.2 Å². The van der Waals surface area contributed by atoms with Crippen LogP contribution in [-0.4, -0.2) is 44.1 Å². The van der Waals surface area contributed by atoms with Gasteiger partial charge in [0.25, 0.3) is 0 Å². The van der Waals surface area contributed by atoms with Gasteiger partial charge in [-0.2, -0.15) is 0 Å². The van der Waals surface area contributed by atoms with Gasteiger partial charge in [0.05, 0.1) is 6.54 Å². The molecule has 0 aromatic heterocycles. The minimum atomic E-state index is -0.274. The molecule has 2 aliphatic rings. The maximum absolute atomic E-state index is 13.1. The van der Waals surface area contributed by atoms with Crippen LogP contribution in [0.2, 0.25) is 0 Å². The van der Waals surface area contributed by atoms with Crippen molar-refractivity contribution in [1.82, 2.24) is 10.2 Å². The molecule has 0 atom stereocenters. The second-order valence-electron chi connectivity index (χ2n) is 6.30. The van der Waals surface area contributed by atoms with E-state index < -0.39 is 0 Å². The second-order valence-corrected chi connectivity index (χ2v) is 6.30. The lowest BCUT2D eigenvalue weighted by Crippen LogP contribution is -2.43. The highest BCUT2D eigenvalue weighted by Gasteiger charge is 2.43. The van der Waals surface area contributed by atoms with Crippen LogP contribution in [0, 0.1) is 11.2 Å². The van der Waals surface area contributed by atoms with Gasteiger partial charge in [-0.3, -0.25) is 4.99 Å². The number of hydrogen-bond donors (Lipinski definition) is 1. The van der Waals surface area contributed by atoms with Gasteiger partial charge in [-0.15, -0.1) is 24.0 Å². The van der Waals surface area contributed by atoms with Crippen LogP contribution in [0.25, 0.3) is 0 Å². The number of hydrogen-bond acceptors (Lipinski definition) is 2. The first-order valence-corrected chi connectivity index (χ1v) is 8.05. The molecule has 0 unspecified atom stereocenters. The fourth-order valence-electron chi connectivity index (χ4n) is 3.42. The fraction of sp³-hybridized carbons (Fsp3) is 0.588. The molecular weight excluding hydrogens is 408 g/mol. The van der Waals surface area contributed by atoms with Gasteiger partial charge in [0, 0.05) is 26.2 Å². The van der Waals surface area contributed by atoms with Crippen molar-refractivity contribution in [3.8, 4) is 5.75 Å². The summed E-state index contributed by atoms with van der Waals surface area (Å²) in [4.78, 5) is 6.72. The predicted octanol–water partition coefficient (Wildman–Crippen LogP) is 3.27. The number of aliphatic imine (C=N–C) groups is 1. The van der Waals surface area contributed by atoms with E-state index in [2.05, 4.69) is 15.2 Å². The molecule has 0 amide bonds. The molecule has 1 saturated heterocycles. The smallest absolute Gasteiger partial charge is 0.193 e. The van der Waals surface area contributed by atoms with E-state index in [4.69, 9.17) is 4.74 Å². The highest BCUT2D eigenvalue weighted by molar-refractivity contribution is 14.0. The van der Waals surface area contributed by atoms with E-state index in [1.54, 1.807) is 12.1 Å². The van der Waals surface area contributed by atoms with E-state index in [9.17, 15) is 4.39 Å². The first-order valence-electron chi connectivity index (χ1n) is 8.05. The normalized spacial score (nSPS) is 19.2. The van der Waals surface area contributed by atoms with Crippen LogP contribution in [-0.2, 0) is 0 Å². The van der Waals surface area contributed by atoms with Crippen LogP contribution in [0.4, 0.5) is 4.39 Å². The van der Waals surface area contributed by atoms with E-state index in [-0.39, 0.29) is 29.8 Å². The molecule has 4 nitrogen and oxygen atoms in total. The van der Waals surface area contributed by atoms with Crippen LogP contribution in [0.3, 0.4) is 0 Å². The zero-order chi connectivity index (χ0) is 15.4. The second kappa shape index (κ2) is 8.17. The Labute approximate surface area is 154 Å². The Bertz CT molecular complexity index is 548. The third-order valence-corrected chi connectivity index (χ3v) is 4.81. The summed E-state index contributed by atoms with van der Waals surface area (Å²) in [6, 6.07) is 6.23. The van der Waals surface area contributed by atoms with Gasteiger partial charge in [-0.25, -0.2) is 4.39 Å². The van der Waals surface area contributed by atoms with Crippen molar-refractivity contribution in [1.29, 1.82) is 0 Å². The number of nitrogens with one attached hydrogen (secondary N) is 1. The molecule has 0 radical (unpaired) electrons. The quantitative estimate of drug-likeness (QED) is 0.343. The first kappa shape index (κ1) is 18.3. The van der Waals surface area contributed by atoms with Gasteiger partial charge in [-0.1, -0.05) is 12.5 Å². The number of halogens is 2. The van der Waals surface area contributed by atoms with Crippen molar-refractivity contribution in [3.63, 3.8) is 0 Å². The monoisotopic (exact) mass is 433 g/mol. The average Bonchev–Trinajstić information content (AvgIpc) is 2.93. The lowest BCUT2D eigenvalue weighted by molar-refractivity contribution is 0.151. The summed E-state index contributed by atoms with van der Waals surface area (Å²) < 4.78 is 18.6. The van der Waals surface area contributed by atoms with Crippen molar-refractivity contribution in [2.75, 3.05) is 33.3 Å². The third-order valence-electron chi connectivity index (χ3n) is 4.81. The lowest BCUT2D eigenvalue weighted by Gasteiger charge is -2.38. The van der Waals surface area contributed by atoms with E-state index in [1.165, 1.54) is 37.8 Å². The van der Waals surface area contributed by atoms with Crippen molar-refractivity contribution >= 4 is 29.9 Å². The van der Waals surface area contributed by atoms with Crippen molar-refractivity contribution in [3.05, 3.63) is 30.1 Å². The molecule has 1 heterocycles. The summed E-state index contributed by atoms with van der Waals surface area (Å²) in [5.74, 6) is 1.24. The summed E-state index contributed by atoms with van der Waals surface area (Å²) in [7, 11) is 1.82. The Morgan fingerprint density at radius 1 is 1.39 bits per heavy atom. The summed E-state index contributed by atoms with van der Waals surface area (Å²) in [5.41, 5.74) is 0.565. The molecule has 0 bridgehead atoms. The molecule has 3 rings (SSSR count). The molecule has 23 heavy (non-hydrogen) atoms. The Morgan fingerprint density at radius 3 is 2.83 bits per heavy atom. The standard InChI is InChI=1S/C17H24FN3O.HI/c1-19-16(21-10-8-17(13-21)6-3-7-17)20-9-11-22-15-5-2-4-14(18)12-15;/h2,4-5,12H,3,6-11,13H2,1H3,(H,19,20);1H. The molecule has 2 fully saturated rings. The Morgan fingerprint density at radius 2 is 2.22 bits per heavy atom. The Hall–Kier alpha value is -1.05. The number of likely N-dealkylation sites (tertiary alicyclic amines) is 1. The summed E-state index contributed by atoms with van der Waals surface area (Å²) in [6.45, 7) is 3.36. The SMILES string of the molecule is CN=C(NCCOc1cccc(F)c1)N1CCC2(CCC2)C1.I. The summed E-state index contributed by atoms with van der Waals surface area (Å²) >= 11 is 0. The number of ether oxygens (including phenoxy) is 1. The van der Waals surface area contributed by atoms with E-state index in [0.29, 0.717) is 24.3 Å². The molecule has 1 aliphatic heterocycles. The fourth-order valence-corrected chi connectivity index (χ4v) is 3.42. The highest BCUT2D eigenvalue weighted by Crippen LogP contribution is 2.47. The zero-order valence-electron chi connectivity index (χ0n) is 13.6.